The molecular weight excluding hydrogens is 314 g/mol. The van der Waals surface area contributed by atoms with Crippen LogP contribution >= 0.6 is 0 Å². The lowest BCUT2D eigenvalue weighted by atomic mass is 10.2. The van der Waals surface area contributed by atoms with Crippen LogP contribution in [0.1, 0.15) is 29.3 Å². The maximum atomic E-state index is 12.7. The van der Waals surface area contributed by atoms with Gasteiger partial charge in [0.1, 0.15) is 11.5 Å². The number of para-hydroxylation sites is 3. The zero-order chi connectivity index (χ0) is 17.2. The van der Waals surface area contributed by atoms with E-state index in [4.69, 9.17) is 0 Å². The average molecular weight is 331 g/mol. The van der Waals surface area contributed by atoms with Gasteiger partial charge in [0.05, 0.1) is 29.6 Å². The first kappa shape index (κ1) is 15.1. The van der Waals surface area contributed by atoms with Crippen LogP contribution in [0.2, 0.25) is 0 Å². The fourth-order valence-corrected chi connectivity index (χ4v) is 2.77. The molecule has 2 aromatic carbocycles. The molecule has 4 aromatic rings. The highest BCUT2D eigenvalue weighted by Crippen LogP contribution is 2.17. The molecule has 0 saturated carbocycles. The first-order chi connectivity index (χ1) is 12.2. The third-order valence-electron chi connectivity index (χ3n) is 4.07. The van der Waals surface area contributed by atoms with Crippen LogP contribution in [-0.4, -0.2) is 25.4 Å². The Balaban J connectivity index is 1.57. The highest BCUT2D eigenvalue weighted by Gasteiger charge is 2.18. The van der Waals surface area contributed by atoms with Crippen LogP contribution < -0.4 is 5.32 Å². The van der Waals surface area contributed by atoms with Crippen molar-refractivity contribution < 1.29 is 4.79 Å². The monoisotopic (exact) mass is 331 g/mol. The van der Waals surface area contributed by atoms with Crippen LogP contribution in [0, 0.1) is 0 Å². The van der Waals surface area contributed by atoms with Gasteiger partial charge in [0.2, 0.25) is 0 Å². The van der Waals surface area contributed by atoms with Gasteiger partial charge in [-0.2, -0.15) is 0 Å². The second kappa shape index (κ2) is 6.24. The molecule has 4 rings (SSSR count). The summed E-state index contributed by atoms with van der Waals surface area (Å²) in [6, 6.07) is 17.2. The van der Waals surface area contributed by atoms with E-state index in [-0.39, 0.29) is 11.9 Å². The van der Waals surface area contributed by atoms with E-state index in [1.807, 2.05) is 61.5 Å². The highest BCUT2D eigenvalue weighted by atomic mass is 16.2. The summed E-state index contributed by atoms with van der Waals surface area (Å²) in [6.07, 6.45) is 3.20. The van der Waals surface area contributed by atoms with Crippen molar-refractivity contribution in [1.29, 1.82) is 0 Å². The van der Waals surface area contributed by atoms with Crippen LogP contribution in [-0.2, 0) is 0 Å². The van der Waals surface area contributed by atoms with E-state index >= 15 is 0 Å². The van der Waals surface area contributed by atoms with Crippen molar-refractivity contribution >= 4 is 16.9 Å². The number of benzene rings is 2. The van der Waals surface area contributed by atoms with Gasteiger partial charge in [0, 0.05) is 5.69 Å². The Bertz CT molecular complexity index is 985. The summed E-state index contributed by atoms with van der Waals surface area (Å²) in [5.41, 5.74) is 3.21. The first-order valence-corrected chi connectivity index (χ1v) is 8.05. The number of nitrogens with one attached hydrogen (secondary N) is 2. The molecule has 6 nitrogen and oxygen atoms in total. The molecule has 0 spiro atoms. The molecule has 1 unspecified atom stereocenters. The maximum absolute atomic E-state index is 12.7. The Morgan fingerprint density at radius 2 is 1.88 bits per heavy atom. The van der Waals surface area contributed by atoms with Crippen molar-refractivity contribution in [2.75, 3.05) is 0 Å². The SMILES string of the molecule is CC(NC(=O)c1cncn1-c1ccccc1)c1nc2ccccc2[nH]1. The lowest BCUT2D eigenvalue weighted by Gasteiger charge is -2.13. The van der Waals surface area contributed by atoms with Crippen LogP contribution in [0.5, 0.6) is 0 Å². The molecular formula is C19H17N5O. The predicted molar refractivity (Wildman–Crippen MR) is 95.5 cm³/mol. The van der Waals surface area contributed by atoms with E-state index < -0.39 is 0 Å². The quantitative estimate of drug-likeness (QED) is 0.603. The Hall–Kier alpha value is -3.41. The van der Waals surface area contributed by atoms with Crippen LogP contribution in [0.25, 0.3) is 16.7 Å². The molecule has 6 heteroatoms. The summed E-state index contributed by atoms with van der Waals surface area (Å²) in [5.74, 6) is 0.523. The Morgan fingerprint density at radius 3 is 2.68 bits per heavy atom. The molecule has 0 aliphatic heterocycles. The second-order valence-corrected chi connectivity index (χ2v) is 5.82. The molecule has 2 N–H and O–H groups in total. The number of carbonyl (C=O) groups is 1. The van der Waals surface area contributed by atoms with Crippen LogP contribution in [0.4, 0.5) is 0 Å². The topological polar surface area (TPSA) is 75.6 Å². The number of rotatable bonds is 4. The minimum atomic E-state index is -0.251. The molecule has 1 atom stereocenters. The third kappa shape index (κ3) is 2.89. The Morgan fingerprint density at radius 1 is 1.12 bits per heavy atom. The lowest BCUT2D eigenvalue weighted by Crippen LogP contribution is -2.29. The fourth-order valence-electron chi connectivity index (χ4n) is 2.77. The minimum absolute atomic E-state index is 0.200. The van der Waals surface area contributed by atoms with E-state index in [0.717, 1.165) is 22.5 Å². The Kier molecular flexibility index (Phi) is 3.78. The normalized spacial score (nSPS) is 12.2. The number of imidazole rings is 2. The average Bonchev–Trinajstić information content (AvgIpc) is 3.29. The molecule has 0 bridgehead atoms. The van der Waals surface area contributed by atoms with Gasteiger partial charge < -0.3 is 10.3 Å². The number of hydrogen-bond acceptors (Lipinski definition) is 3. The summed E-state index contributed by atoms with van der Waals surface area (Å²) >= 11 is 0. The smallest absolute Gasteiger partial charge is 0.270 e. The number of hydrogen-bond donors (Lipinski definition) is 2. The van der Waals surface area contributed by atoms with Gasteiger partial charge in [-0.3, -0.25) is 9.36 Å². The summed E-state index contributed by atoms with van der Waals surface area (Å²) in [5, 5.41) is 2.98. The second-order valence-electron chi connectivity index (χ2n) is 5.82. The molecule has 0 fully saturated rings. The standard InChI is InChI=1S/C19H17N5O/c1-13(18-22-15-9-5-6-10-16(15)23-18)21-19(25)17-11-20-12-24(17)14-7-3-2-4-8-14/h2-13H,1H3,(H,21,25)(H,22,23). The molecule has 0 aliphatic carbocycles. The summed E-state index contributed by atoms with van der Waals surface area (Å²) in [6.45, 7) is 1.90. The largest absolute Gasteiger partial charge is 0.341 e. The van der Waals surface area contributed by atoms with Gasteiger partial charge in [0.25, 0.3) is 5.91 Å². The molecule has 0 aliphatic rings. The number of nitrogens with zero attached hydrogens (tertiary/aromatic N) is 3. The Labute approximate surface area is 144 Å². The van der Waals surface area contributed by atoms with Crippen LogP contribution in [0.3, 0.4) is 0 Å². The van der Waals surface area contributed by atoms with E-state index in [0.29, 0.717) is 5.69 Å². The molecule has 2 aromatic heterocycles. The van der Waals surface area contributed by atoms with Gasteiger partial charge in [-0.05, 0) is 31.2 Å². The minimum Gasteiger partial charge on any atom is -0.341 e. The molecule has 124 valence electrons. The zero-order valence-electron chi connectivity index (χ0n) is 13.7. The zero-order valence-corrected chi connectivity index (χ0v) is 13.7. The van der Waals surface area contributed by atoms with E-state index in [1.54, 1.807) is 17.1 Å². The van der Waals surface area contributed by atoms with Gasteiger partial charge in [-0.25, -0.2) is 9.97 Å². The van der Waals surface area contributed by atoms with E-state index in [9.17, 15) is 4.79 Å². The third-order valence-corrected chi connectivity index (χ3v) is 4.07. The van der Waals surface area contributed by atoms with Crippen molar-refractivity contribution in [2.24, 2.45) is 0 Å². The first-order valence-electron chi connectivity index (χ1n) is 8.05. The van der Waals surface area contributed by atoms with Crippen molar-refractivity contribution in [3.05, 3.63) is 78.6 Å². The lowest BCUT2D eigenvalue weighted by molar-refractivity contribution is 0.0931. The molecule has 0 radical (unpaired) electrons. The van der Waals surface area contributed by atoms with Crippen molar-refractivity contribution in [2.45, 2.75) is 13.0 Å². The van der Waals surface area contributed by atoms with E-state index in [1.165, 1.54) is 0 Å². The van der Waals surface area contributed by atoms with Gasteiger partial charge in [-0.15, -0.1) is 0 Å². The van der Waals surface area contributed by atoms with Crippen molar-refractivity contribution in [3.8, 4) is 5.69 Å². The maximum Gasteiger partial charge on any atom is 0.270 e. The fraction of sp³-hybridized carbons (Fsp3) is 0.105. The van der Waals surface area contributed by atoms with Crippen molar-refractivity contribution in [1.82, 2.24) is 24.8 Å². The van der Waals surface area contributed by atoms with Gasteiger partial charge >= 0.3 is 0 Å². The van der Waals surface area contributed by atoms with E-state index in [2.05, 4.69) is 20.3 Å². The number of H-pyrrole nitrogens is 1. The molecule has 1 amide bonds. The van der Waals surface area contributed by atoms with Gasteiger partial charge in [0.15, 0.2) is 0 Å². The number of aromatic nitrogens is 4. The molecule has 2 heterocycles. The number of aromatic amines is 1. The number of amides is 1. The number of fused-ring (bicyclic) bond motifs is 1. The highest BCUT2D eigenvalue weighted by molar-refractivity contribution is 5.93. The van der Waals surface area contributed by atoms with Gasteiger partial charge in [-0.1, -0.05) is 30.3 Å². The predicted octanol–water partition coefficient (Wildman–Crippen LogP) is 3.24. The van der Waals surface area contributed by atoms with Crippen LogP contribution in [0.15, 0.2) is 67.1 Å². The molecule has 25 heavy (non-hydrogen) atoms. The number of carbonyl (C=O) groups excluding carboxylic acids is 1. The summed E-state index contributed by atoms with van der Waals surface area (Å²) in [7, 11) is 0. The summed E-state index contributed by atoms with van der Waals surface area (Å²) < 4.78 is 1.76. The van der Waals surface area contributed by atoms with Crippen molar-refractivity contribution in [3.63, 3.8) is 0 Å². The molecule has 0 saturated heterocycles. The summed E-state index contributed by atoms with van der Waals surface area (Å²) in [4.78, 5) is 24.6.